The molecule has 1 N–H and O–H groups in total. The smallest absolute Gasteiger partial charge is 0.193 e. The second-order valence-electron chi connectivity index (χ2n) is 2.11. The summed E-state index contributed by atoms with van der Waals surface area (Å²) in [5.41, 5.74) is 1.51. The largest absolute Gasteiger partial charge is 0.410 e. The summed E-state index contributed by atoms with van der Waals surface area (Å²) >= 11 is 5.48. The molecule has 0 spiro atoms. The molecular formula is C7H7ClN2O. The number of hydrogen-bond acceptors (Lipinski definition) is 3. The van der Waals surface area contributed by atoms with Crippen LogP contribution in [-0.2, 0) is 0 Å². The fourth-order valence-electron chi connectivity index (χ4n) is 0.641. The molecule has 0 atom stereocenters. The molecule has 0 aromatic carbocycles. The molecular weight excluding hydrogens is 164 g/mol. The molecule has 0 fully saturated rings. The van der Waals surface area contributed by atoms with E-state index in [4.69, 9.17) is 16.8 Å². The van der Waals surface area contributed by atoms with Gasteiger partial charge in [-0.05, 0) is 18.6 Å². The zero-order chi connectivity index (χ0) is 8.27. The first-order valence-corrected chi connectivity index (χ1v) is 3.42. The third-order valence-electron chi connectivity index (χ3n) is 1.21. The van der Waals surface area contributed by atoms with Crippen molar-refractivity contribution >= 4 is 16.8 Å². The lowest BCUT2D eigenvalue weighted by molar-refractivity contribution is 0.320. The van der Waals surface area contributed by atoms with Crippen molar-refractivity contribution in [1.82, 2.24) is 4.98 Å². The molecule has 0 bridgehead atoms. The first-order valence-electron chi connectivity index (χ1n) is 3.04. The van der Waals surface area contributed by atoms with E-state index in [-0.39, 0.29) is 5.17 Å². The molecule has 0 radical (unpaired) electrons. The maximum Gasteiger partial charge on any atom is 0.193 e. The van der Waals surface area contributed by atoms with Crippen LogP contribution < -0.4 is 0 Å². The van der Waals surface area contributed by atoms with Crippen LogP contribution in [-0.4, -0.2) is 15.4 Å². The number of nitrogens with zero attached hydrogens (tertiary/aromatic N) is 2. The Balaban J connectivity index is 2.99. The molecule has 0 amide bonds. The summed E-state index contributed by atoms with van der Waals surface area (Å²) in [5.74, 6) is 0. The molecule has 11 heavy (non-hydrogen) atoms. The van der Waals surface area contributed by atoms with Gasteiger partial charge in [-0.1, -0.05) is 22.8 Å². The van der Waals surface area contributed by atoms with Crippen LogP contribution in [0.5, 0.6) is 0 Å². The summed E-state index contributed by atoms with van der Waals surface area (Å²) in [6, 6.07) is 3.54. The number of aromatic nitrogens is 1. The molecule has 0 saturated carbocycles. The first kappa shape index (κ1) is 8.01. The van der Waals surface area contributed by atoms with Crippen LogP contribution in [0.15, 0.2) is 23.5 Å². The van der Waals surface area contributed by atoms with E-state index in [1.54, 1.807) is 12.3 Å². The van der Waals surface area contributed by atoms with E-state index in [0.29, 0.717) is 5.69 Å². The molecule has 1 aromatic rings. The summed E-state index contributed by atoms with van der Waals surface area (Å²) in [6.45, 7) is 1.92. The molecule has 0 unspecified atom stereocenters. The number of aryl methyl sites for hydroxylation is 1. The summed E-state index contributed by atoms with van der Waals surface area (Å²) in [7, 11) is 0. The lowest BCUT2D eigenvalue weighted by Crippen LogP contribution is -1.94. The van der Waals surface area contributed by atoms with Crippen molar-refractivity contribution in [2.45, 2.75) is 6.92 Å². The molecule has 1 heterocycles. The van der Waals surface area contributed by atoms with Crippen molar-refractivity contribution in [2.75, 3.05) is 0 Å². The Morgan fingerprint density at radius 1 is 1.64 bits per heavy atom. The summed E-state index contributed by atoms with van der Waals surface area (Å²) < 4.78 is 0. The van der Waals surface area contributed by atoms with Gasteiger partial charge in [0.1, 0.15) is 5.69 Å². The van der Waals surface area contributed by atoms with Gasteiger partial charge in [0.05, 0.1) is 0 Å². The Bertz CT molecular complexity index is 268. The van der Waals surface area contributed by atoms with Crippen molar-refractivity contribution in [3.05, 3.63) is 29.6 Å². The molecule has 1 aromatic heterocycles. The Morgan fingerprint density at radius 2 is 2.36 bits per heavy atom. The fourth-order valence-corrected chi connectivity index (χ4v) is 0.753. The van der Waals surface area contributed by atoms with Crippen LogP contribution in [0, 0.1) is 6.92 Å². The third kappa shape index (κ3) is 1.91. The van der Waals surface area contributed by atoms with Crippen LogP contribution in [0.2, 0.25) is 0 Å². The molecule has 0 aliphatic heterocycles. The van der Waals surface area contributed by atoms with Crippen LogP contribution in [0.25, 0.3) is 0 Å². The third-order valence-corrected chi connectivity index (χ3v) is 1.48. The highest BCUT2D eigenvalue weighted by atomic mass is 35.5. The predicted octanol–water partition coefficient (Wildman–Crippen LogP) is 1.76. The Hall–Kier alpha value is -1.09. The Kier molecular flexibility index (Phi) is 2.44. The summed E-state index contributed by atoms with van der Waals surface area (Å²) in [5, 5.41) is 11.1. The second kappa shape index (κ2) is 3.34. The monoisotopic (exact) mass is 170 g/mol. The maximum absolute atomic E-state index is 8.27. The minimum atomic E-state index is 0.00463. The van der Waals surface area contributed by atoms with Crippen molar-refractivity contribution in [3.63, 3.8) is 0 Å². The number of oxime groups is 1. The van der Waals surface area contributed by atoms with Gasteiger partial charge in [0, 0.05) is 6.20 Å². The number of rotatable bonds is 1. The average Bonchev–Trinajstić information content (AvgIpc) is 2.05. The summed E-state index contributed by atoms with van der Waals surface area (Å²) in [6.07, 6.45) is 1.66. The topological polar surface area (TPSA) is 45.5 Å². The van der Waals surface area contributed by atoms with Crippen LogP contribution in [0.3, 0.4) is 0 Å². The SMILES string of the molecule is Cc1ccc(/C(Cl)=N/O)nc1. The quantitative estimate of drug-likeness (QED) is 0.397. The predicted molar refractivity (Wildman–Crippen MR) is 43.2 cm³/mol. The van der Waals surface area contributed by atoms with E-state index in [0.717, 1.165) is 5.56 Å². The van der Waals surface area contributed by atoms with Gasteiger partial charge < -0.3 is 5.21 Å². The van der Waals surface area contributed by atoms with Gasteiger partial charge in [-0.25, -0.2) is 0 Å². The van der Waals surface area contributed by atoms with Crippen molar-refractivity contribution in [3.8, 4) is 0 Å². The van der Waals surface area contributed by atoms with Gasteiger partial charge >= 0.3 is 0 Å². The lowest BCUT2D eigenvalue weighted by atomic mass is 10.3. The summed E-state index contributed by atoms with van der Waals surface area (Å²) in [4.78, 5) is 3.93. The Labute approximate surface area is 69.3 Å². The van der Waals surface area contributed by atoms with Crippen LogP contribution >= 0.6 is 11.6 Å². The van der Waals surface area contributed by atoms with Crippen LogP contribution in [0.1, 0.15) is 11.3 Å². The van der Waals surface area contributed by atoms with E-state index in [1.807, 2.05) is 13.0 Å². The molecule has 0 saturated heterocycles. The Morgan fingerprint density at radius 3 is 2.82 bits per heavy atom. The second-order valence-corrected chi connectivity index (χ2v) is 2.47. The van der Waals surface area contributed by atoms with E-state index < -0.39 is 0 Å². The highest BCUT2D eigenvalue weighted by molar-refractivity contribution is 6.69. The highest BCUT2D eigenvalue weighted by Crippen LogP contribution is 2.02. The maximum atomic E-state index is 8.27. The van der Waals surface area contributed by atoms with Gasteiger partial charge in [0.2, 0.25) is 0 Å². The first-order chi connectivity index (χ1) is 5.24. The van der Waals surface area contributed by atoms with E-state index in [2.05, 4.69) is 10.1 Å². The number of hydrogen-bond donors (Lipinski definition) is 1. The van der Waals surface area contributed by atoms with Gasteiger partial charge in [0.25, 0.3) is 0 Å². The van der Waals surface area contributed by atoms with Gasteiger partial charge in [-0.15, -0.1) is 0 Å². The minimum absolute atomic E-state index is 0.00463. The fraction of sp³-hybridized carbons (Fsp3) is 0.143. The van der Waals surface area contributed by atoms with Gasteiger partial charge in [-0.3, -0.25) is 4.98 Å². The molecule has 0 aliphatic carbocycles. The molecule has 3 nitrogen and oxygen atoms in total. The number of pyridine rings is 1. The van der Waals surface area contributed by atoms with E-state index in [9.17, 15) is 0 Å². The van der Waals surface area contributed by atoms with Gasteiger partial charge in [0.15, 0.2) is 5.17 Å². The van der Waals surface area contributed by atoms with E-state index in [1.165, 1.54) is 0 Å². The minimum Gasteiger partial charge on any atom is -0.410 e. The van der Waals surface area contributed by atoms with E-state index >= 15 is 0 Å². The zero-order valence-corrected chi connectivity index (χ0v) is 6.71. The van der Waals surface area contributed by atoms with Gasteiger partial charge in [-0.2, -0.15) is 0 Å². The van der Waals surface area contributed by atoms with Crippen molar-refractivity contribution < 1.29 is 5.21 Å². The van der Waals surface area contributed by atoms with Crippen molar-refractivity contribution in [1.29, 1.82) is 0 Å². The zero-order valence-electron chi connectivity index (χ0n) is 5.95. The lowest BCUT2D eigenvalue weighted by Gasteiger charge is -1.94. The molecule has 1 rings (SSSR count). The molecule has 4 heteroatoms. The molecule has 58 valence electrons. The highest BCUT2D eigenvalue weighted by Gasteiger charge is 1.99. The normalized spacial score (nSPS) is 11.6. The average molecular weight is 171 g/mol. The standard InChI is InChI=1S/C7H7ClN2O/c1-5-2-3-6(9-4-5)7(8)10-11/h2-4,11H,1H3/b10-7-. The van der Waals surface area contributed by atoms with Crippen molar-refractivity contribution in [2.24, 2.45) is 5.16 Å². The molecule has 0 aliphatic rings. The number of halogens is 1. The van der Waals surface area contributed by atoms with Crippen LogP contribution in [0.4, 0.5) is 0 Å².